The molecule has 11 heteroatoms. The SMILES string of the molecule is Cn1cnnc1CCNS(=O)(=O)c1cnc(NN)nc1. The minimum absolute atomic E-state index is 0.0329. The summed E-state index contributed by atoms with van der Waals surface area (Å²) in [6.45, 7) is 0.200. The van der Waals surface area contributed by atoms with Gasteiger partial charge in [0.15, 0.2) is 0 Å². The van der Waals surface area contributed by atoms with Crippen molar-refractivity contribution in [2.75, 3.05) is 12.0 Å². The van der Waals surface area contributed by atoms with Crippen LogP contribution in [0, 0.1) is 0 Å². The van der Waals surface area contributed by atoms with Gasteiger partial charge in [0.25, 0.3) is 0 Å². The maximum Gasteiger partial charge on any atom is 0.243 e. The minimum Gasteiger partial charge on any atom is -0.321 e. The molecule has 2 rings (SSSR count). The van der Waals surface area contributed by atoms with E-state index in [4.69, 9.17) is 5.84 Å². The molecule has 10 nitrogen and oxygen atoms in total. The molecule has 0 bridgehead atoms. The van der Waals surface area contributed by atoms with E-state index in [0.717, 1.165) is 0 Å². The van der Waals surface area contributed by atoms with Crippen molar-refractivity contribution in [1.29, 1.82) is 0 Å². The van der Waals surface area contributed by atoms with Gasteiger partial charge in [0.1, 0.15) is 17.0 Å². The van der Waals surface area contributed by atoms with Crippen molar-refractivity contribution in [3.63, 3.8) is 0 Å². The second-order valence-electron chi connectivity index (χ2n) is 3.89. The number of nitrogen functional groups attached to an aromatic ring is 1. The first-order valence-corrected chi connectivity index (χ1v) is 7.12. The van der Waals surface area contributed by atoms with Gasteiger partial charge in [-0.2, -0.15) is 0 Å². The summed E-state index contributed by atoms with van der Waals surface area (Å²) in [6.07, 6.45) is 4.33. The number of sulfonamides is 1. The molecule has 0 unspecified atom stereocenters. The second-order valence-corrected chi connectivity index (χ2v) is 5.66. The van der Waals surface area contributed by atoms with Gasteiger partial charge in [0.05, 0.1) is 12.4 Å². The Morgan fingerprint density at radius 1 is 1.35 bits per heavy atom. The third kappa shape index (κ3) is 3.26. The van der Waals surface area contributed by atoms with Gasteiger partial charge in [-0.25, -0.2) is 29.0 Å². The fraction of sp³-hybridized carbons (Fsp3) is 0.333. The topological polar surface area (TPSA) is 141 Å². The highest BCUT2D eigenvalue weighted by Crippen LogP contribution is 2.06. The molecular formula is C9H14N8O2S. The molecule has 0 aliphatic rings. The van der Waals surface area contributed by atoms with Crippen LogP contribution in [0.3, 0.4) is 0 Å². The van der Waals surface area contributed by atoms with E-state index < -0.39 is 10.0 Å². The Kier molecular flexibility index (Phi) is 4.22. The minimum atomic E-state index is -3.65. The Labute approximate surface area is 115 Å². The van der Waals surface area contributed by atoms with Crippen molar-refractivity contribution < 1.29 is 8.42 Å². The molecule has 2 aromatic rings. The summed E-state index contributed by atoms with van der Waals surface area (Å²) in [5.41, 5.74) is 2.22. The number of aromatic nitrogens is 5. The zero-order valence-corrected chi connectivity index (χ0v) is 11.5. The summed E-state index contributed by atoms with van der Waals surface area (Å²) >= 11 is 0. The molecule has 0 radical (unpaired) electrons. The van der Waals surface area contributed by atoms with E-state index in [1.54, 1.807) is 17.9 Å². The van der Waals surface area contributed by atoms with Gasteiger partial charge in [0.2, 0.25) is 16.0 Å². The average Bonchev–Trinajstić information content (AvgIpc) is 2.84. The molecule has 0 spiro atoms. The quantitative estimate of drug-likeness (QED) is 0.428. The van der Waals surface area contributed by atoms with Crippen LogP contribution in [0.1, 0.15) is 5.82 Å². The molecule has 0 saturated heterocycles. The van der Waals surface area contributed by atoms with Crippen LogP contribution >= 0.6 is 0 Å². The lowest BCUT2D eigenvalue weighted by molar-refractivity contribution is 0.579. The van der Waals surface area contributed by atoms with Crippen molar-refractivity contribution in [3.05, 3.63) is 24.5 Å². The van der Waals surface area contributed by atoms with E-state index in [0.29, 0.717) is 12.2 Å². The number of nitrogens with one attached hydrogen (secondary N) is 2. The number of nitrogens with zero attached hydrogens (tertiary/aromatic N) is 5. The smallest absolute Gasteiger partial charge is 0.243 e. The van der Waals surface area contributed by atoms with Gasteiger partial charge in [-0.1, -0.05) is 0 Å². The molecule has 4 N–H and O–H groups in total. The molecule has 0 fully saturated rings. The summed E-state index contributed by atoms with van der Waals surface area (Å²) in [4.78, 5) is 7.45. The predicted molar refractivity (Wildman–Crippen MR) is 69.7 cm³/mol. The van der Waals surface area contributed by atoms with E-state index in [1.165, 1.54) is 12.4 Å². The zero-order chi connectivity index (χ0) is 14.6. The predicted octanol–water partition coefficient (Wildman–Crippen LogP) is -1.59. The highest BCUT2D eigenvalue weighted by Gasteiger charge is 2.15. The van der Waals surface area contributed by atoms with Crippen LogP contribution in [-0.4, -0.2) is 39.7 Å². The van der Waals surface area contributed by atoms with Gasteiger partial charge in [-0.15, -0.1) is 10.2 Å². The molecule has 2 aromatic heterocycles. The van der Waals surface area contributed by atoms with E-state index in [-0.39, 0.29) is 17.4 Å². The molecule has 0 amide bonds. The summed E-state index contributed by atoms with van der Waals surface area (Å²) in [5.74, 6) is 5.93. The lowest BCUT2D eigenvalue weighted by atomic mass is 10.4. The van der Waals surface area contributed by atoms with Crippen molar-refractivity contribution in [3.8, 4) is 0 Å². The maximum absolute atomic E-state index is 12.0. The molecule has 108 valence electrons. The van der Waals surface area contributed by atoms with E-state index in [2.05, 4.69) is 30.3 Å². The Morgan fingerprint density at radius 3 is 2.60 bits per heavy atom. The summed E-state index contributed by atoms with van der Waals surface area (Å²) in [7, 11) is -1.86. The second kappa shape index (κ2) is 5.90. The van der Waals surface area contributed by atoms with Crippen LogP contribution < -0.4 is 16.0 Å². The number of aryl methyl sites for hydroxylation is 1. The van der Waals surface area contributed by atoms with Crippen LogP contribution in [0.25, 0.3) is 0 Å². The van der Waals surface area contributed by atoms with Crippen LogP contribution in [0.5, 0.6) is 0 Å². The number of rotatable bonds is 6. The monoisotopic (exact) mass is 298 g/mol. The molecule has 0 aliphatic heterocycles. The molecule has 0 aliphatic carbocycles. The fourth-order valence-electron chi connectivity index (χ4n) is 1.44. The van der Waals surface area contributed by atoms with Crippen molar-refractivity contribution in [2.24, 2.45) is 12.9 Å². The summed E-state index contributed by atoms with van der Waals surface area (Å²) < 4.78 is 28.1. The van der Waals surface area contributed by atoms with Crippen molar-refractivity contribution >= 4 is 16.0 Å². The van der Waals surface area contributed by atoms with Gasteiger partial charge < -0.3 is 4.57 Å². The summed E-state index contributed by atoms with van der Waals surface area (Å²) in [6, 6.07) is 0. The van der Waals surface area contributed by atoms with E-state index >= 15 is 0 Å². The molecule has 0 saturated carbocycles. The van der Waals surface area contributed by atoms with Gasteiger partial charge in [-0.3, -0.25) is 5.43 Å². The number of hydrazine groups is 1. The average molecular weight is 298 g/mol. The first-order valence-electron chi connectivity index (χ1n) is 5.64. The van der Waals surface area contributed by atoms with Gasteiger partial charge in [-0.05, 0) is 0 Å². The van der Waals surface area contributed by atoms with E-state index in [1.807, 2.05) is 0 Å². The zero-order valence-electron chi connectivity index (χ0n) is 10.7. The molecule has 0 aromatic carbocycles. The van der Waals surface area contributed by atoms with Crippen LogP contribution in [-0.2, 0) is 23.5 Å². The van der Waals surface area contributed by atoms with Gasteiger partial charge in [0, 0.05) is 20.0 Å². The van der Waals surface area contributed by atoms with Crippen LogP contribution in [0.4, 0.5) is 5.95 Å². The lowest BCUT2D eigenvalue weighted by Crippen LogP contribution is -2.27. The fourth-order valence-corrected chi connectivity index (χ4v) is 2.36. The Hall–Kier alpha value is -2.11. The lowest BCUT2D eigenvalue weighted by Gasteiger charge is -2.06. The van der Waals surface area contributed by atoms with Crippen LogP contribution in [0.15, 0.2) is 23.6 Å². The Morgan fingerprint density at radius 2 is 2.05 bits per heavy atom. The molecule has 0 atom stereocenters. The Bertz CT molecular complexity index is 666. The third-order valence-corrected chi connectivity index (χ3v) is 3.93. The van der Waals surface area contributed by atoms with Gasteiger partial charge >= 0.3 is 0 Å². The van der Waals surface area contributed by atoms with Crippen molar-refractivity contribution in [2.45, 2.75) is 11.3 Å². The standard InChI is InChI=1S/C9H14N8O2S/c1-17-6-13-16-8(17)2-3-14-20(18,19)7-4-11-9(15-10)12-5-7/h4-6,14H,2-3,10H2,1H3,(H,11,12,15). The number of hydrogen-bond donors (Lipinski definition) is 3. The highest BCUT2D eigenvalue weighted by molar-refractivity contribution is 7.89. The molecular weight excluding hydrogens is 284 g/mol. The number of anilines is 1. The first-order chi connectivity index (χ1) is 9.53. The third-order valence-electron chi connectivity index (χ3n) is 2.51. The molecule has 2 heterocycles. The Balaban J connectivity index is 1.98. The van der Waals surface area contributed by atoms with Crippen LogP contribution in [0.2, 0.25) is 0 Å². The number of nitrogens with two attached hydrogens (primary N) is 1. The normalized spacial score (nSPS) is 11.5. The number of hydrogen-bond acceptors (Lipinski definition) is 8. The molecule has 20 heavy (non-hydrogen) atoms. The van der Waals surface area contributed by atoms with E-state index in [9.17, 15) is 8.42 Å². The van der Waals surface area contributed by atoms with Crippen molar-refractivity contribution in [1.82, 2.24) is 29.5 Å². The highest BCUT2D eigenvalue weighted by atomic mass is 32.2. The maximum atomic E-state index is 12.0. The summed E-state index contributed by atoms with van der Waals surface area (Å²) in [5, 5.41) is 7.57. The first kappa shape index (κ1) is 14.3. The largest absolute Gasteiger partial charge is 0.321 e.